The molecule has 6 heteroatoms. The van der Waals surface area contributed by atoms with Crippen molar-refractivity contribution >= 4 is 18.1 Å². The van der Waals surface area contributed by atoms with Gasteiger partial charge in [0.1, 0.15) is 0 Å². The molecule has 0 N–H and O–H groups in total. The van der Waals surface area contributed by atoms with Crippen molar-refractivity contribution in [2.75, 3.05) is 26.2 Å². The van der Waals surface area contributed by atoms with Crippen LogP contribution >= 0.6 is 6.34 Å². The van der Waals surface area contributed by atoms with Crippen molar-refractivity contribution in [2.24, 2.45) is 0 Å². The van der Waals surface area contributed by atoms with Crippen molar-refractivity contribution in [3.63, 3.8) is 0 Å². The first kappa shape index (κ1) is 37.0. The minimum absolute atomic E-state index is 0.212. The Morgan fingerprint density at radius 2 is 0.714 bits per heavy atom. The molecule has 0 aliphatic heterocycles. The zero-order chi connectivity index (χ0) is 30.0. The molecule has 0 aromatic carbocycles. The fourth-order valence-electron chi connectivity index (χ4n) is 8.30. The van der Waals surface area contributed by atoms with E-state index in [2.05, 4.69) is 37.0 Å². The second-order valence-electron chi connectivity index (χ2n) is 13.7. The lowest BCUT2D eigenvalue weighted by molar-refractivity contribution is -0.0806. The van der Waals surface area contributed by atoms with Crippen LogP contribution in [0.25, 0.3) is 0 Å². The molecule has 3 atom stereocenters. The van der Waals surface area contributed by atoms with E-state index in [-0.39, 0.29) is 17.9 Å². The standard InChI is InChI=1S/C36H71N2O2PS/c1-5-37(6-2)41(42,38(7-3)8-4)36-34(39-32-26-20-14-10-9-11-15-21-27-32)30-24-18-19-25-31-35(36)40-33-28-22-16-12-13-17-23-29-33/h32-36H,5-31H2,1-4H3. The monoisotopic (exact) mass is 626 g/mol. The average Bonchev–Trinajstić information content (AvgIpc) is 3.19. The lowest BCUT2D eigenvalue weighted by atomic mass is 9.98. The summed E-state index contributed by atoms with van der Waals surface area (Å²) in [5.41, 5.74) is 0.286. The molecule has 248 valence electrons. The van der Waals surface area contributed by atoms with Gasteiger partial charge in [-0.1, -0.05) is 149 Å². The highest BCUT2D eigenvalue weighted by Crippen LogP contribution is 2.61. The molecule has 0 bridgehead atoms. The van der Waals surface area contributed by atoms with E-state index >= 15 is 0 Å². The zero-order valence-corrected chi connectivity index (χ0v) is 30.3. The number of hydrogen-bond donors (Lipinski definition) is 0. The van der Waals surface area contributed by atoms with Crippen LogP contribution in [0.4, 0.5) is 0 Å². The molecule has 3 saturated carbocycles. The van der Waals surface area contributed by atoms with Crippen LogP contribution in [0.3, 0.4) is 0 Å². The van der Waals surface area contributed by atoms with Crippen molar-refractivity contribution in [1.29, 1.82) is 0 Å². The molecule has 3 unspecified atom stereocenters. The van der Waals surface area contributed by atoms with Crippen LogP contribution in [0, 0.1) is 0 Å². The number of nitrogens with zero attached hydrogens (tertiary/aromatic N) is 2. The molecule has 3 rings (SSSR count). The van der Waals surface area contributed by atoms with Gasteiger partial charge in [0.25, 0.3) is 0 Å². The molecule has 0 aromatic rings. The Morgan fingerprint density at radius 3 is 1.00 bits per heavy atom. The second kappa shape index (κ2) is 21.3. The summed E-state index contributed by atoms with van der Waals surface area (Å²) in [6, 6.07) is 0. The number of ether oxygens (including phenoxy) is 2. The van der Waals surface area contributed by atoms with Gasteiger partial charge in [0, 0.05) is 26.2 Å². The van der Waals surface area contributed by atoms with Gasteiger partial charge in [-0.2, -0.15) is 0 Å². The van der Waals surface area contributed by atoms with Gasteiger partial charge < -0.3 is 9.47 Å². The highest BCUT2D eigenvalue weighted by atomic mass is 32.4. The van der Waals surface area contributed by atoms with Crippen LogP contribution in [-0.4, -0.2) is 65.6 Å². The van der Waals surface area contributed by atoms with E-state index < -0.39 is 6.34 Å². The Kier molecular flexibility index (Phi) is 18.8. The molecule has 3 aliphatic carbocycles. The maximum Gasteiger partial charge on any atom is 0.0856 e. The minimum atomic E-state index is -2.14. The third-order valence-electron chi connectivity index (χ3n) is 10.7. The summed E-state index contributed by atoms with van der Waals surface area (Å²) in [7, 11) is 0. The van der Waals surface area contributed by atoms with Gasteiger partial charge in [-0.3, -0.25) is 9.34 Å². The van der Waals surface area contributed by atoms with E-state index in [9.17, 15) is 0 Å². The highest BCUT2D eigenvalue weighted by molar-refractivity contribution is 8.12. The first-order valence-corrected chi connectivity index (χ1v) is 21.8. The van der Waals surface area contributed by atoms with Gasteiger partial charge in [0.05, 0.1) is 36.4 Å². The Balaban J connectivity index is 2.03. The molecule has 0 spiro atoms. The summed E-state index contributed by atoms with van der Waals surface area (Å²) < 4.78 is 20.4. The van der Waals surface area contributed by atoms with Crippen LogP contribution < -0.4 is 0 Å². The number of hydrogen-bond acceptors (Lipinski definition) is 3. The van der Waals surface area contributed by atoms with E-state index in [1.165, 1.54) is 135 Å². The van der Waals surface area contributed by atoms with Crippen molar-refractivity contribution in [1.82, 2.24) is 9.34 Å². The van der Waals surface area contributed by atoms with Crippen molar-refractivity contribution in [3.05, 3.63) is 0 Å². The zero-order valence-electron chi connectivity index (χ0n) is 28.5. The SMILES string of the molecule is CCN(CC)P(=S)(C1C(OC2CCCCCCCCC2)CCCCCCC1OC1CCCCCCCC1)N(CC)CC. The van der Waals surface area contributed by atoms with Gasteiger partial charge in [0.2, 0.25) is 0 Å². The van der Waals surface area contributed by atoms with Crippen LogP contribution in [-0.2, 0) is 21.3 Å². The van der Waals surface area contributed by atoms with Crippen LogP contribution in [0.15, 0.2) is 0 Å². The Morgan fingerprint density at radius 1 is 0.452 bits per heavy atom. The molecule has 0 heterocycles. The lowest BCUT2D eigenvalue weighted by Gasteiger charge is -2.51. The highest BCUT2D eigenvalue weighted by Gasteiger charge is 2.48. The van der Waals surface area contributed by atoms with E-state index in [0.29, 0.717) is 12.2 Å². The Labute approximate surface area is 267 Å². The predicted molar refractivity (Wildman–Crippen MR) is 187 cm³/mol. The summed E-state index contributed by atoms with van der Waals surface area (Å²) in [5, 5.41) is 0. The van der Waals surface area contributed by atoms with E-state index in [4.69, 9.17) is 21.3 Å². The third kappa shape index (κ3) is 11.4. The van der Waals surface area contributed by atoms with E-state index in [1.54, 1.807) is 0 Å². The largest absolute Gasteiger partial charge is 0.374 e. The Bertz CT molecular complexity index is 695. The van der Waals surface area contributed by atoms with Crippen molar-refractivity contribution < 1.29 is 9.47 Å². The molecule has 0 saturated heterocycles. The fourth-order valence-corrected chi connectivity index (χ4v) is 14.5. The number of rotatable bonds is 11. The molecule has 42 heavy (non-hydrogen) atoms. The van der Waals surface area contributed by atoms with Crippen molar-refractivity contribution in [2.45, 2.75) is 205 Å². The normalized spacial score (nSPS) is 27.9. The third-order valence-corrected chi connectivity index (χ3v) is 17.0. The molecule has 0 radical (unpaired) electrons. The smallest absolute Gasteiger partial charge is 0.0856 e. The maximum absolute atomic E-state index is 7.50. The molecular weight excluding hydrogens is 555 g/mol. The van der Waals surface area contributed by atoms with E-state index in [0.717, 1.165) is 39.0 Å². The van der Waals surface area contributed by atoms with Gasteiger partial charge in [-0.05, 0) is 38.5 Å². The van der Waals surface area contributed by atoms with Crippen molar-refractivity contribution in [3.8, 4) is 0 Å². The molecule has 3 aliphatic rings. The minimum Gasteiger partial charge on any atom is -0.374 e. The van der Waals surface area contributed by atoms with Gasteiger partial charge in [0.15, 0.2) is 0 Å². The van der Waals surface area contributed by atoms with Crippen LogP contribution in [0.2, 0.25) is 0 Å². The topological polar surface area (TPSA) is 24.9 Å². The summed E-state index contributed by atoms with van der Waals surface area (Å²) in [6.45, 7) is 13.5. The molecule has 0 amide bonds. The van der Waals surface area contributed by atoms with Gasteiger partial charge >= 0.3 is 0 Å². The second-order valence-corrected chi connectivity index (χ2v) is 18.2. The summed E-state index contributed by atoms with van der Waals surface area (Å²) in [4.78, 5) is 0. The summed E-state index contributed by atoms with van der Waals surface area (Å²) in [6.07, 6.45) is 29.3. The summed E-state index contributed by atoms with van der Waals surface area (Å²) in [5.74, 6) is 0. The molecule has 0 aromatic heterocycles. The lowest BCUT2D eigenvalue weighted by Crippen LogP contribution is -2.50. The average molecular weight is 627 g/mol. The molecule has 3 fully saturated rings. The molecule has 4 nitrogen and oxygen atoms in total. The van der Waals surface area contributed by atoms with E-state index in [1.807, 2.05) is 0 Å². The first-order chi connectivity index (χ1) is 20.6. The van der Waals surface area contributed by atoms with Gasteiger partial charge in [-0.25, -0.2) is 0 Å². The fraction of sp³-hybridized carbons (Fsp3) is 1.00. The van der Waals surface area contributed by atoms with Crippen LogP contribution in [0.5, 0.6) is 0 Å². The molecular formula is C36H71N2O2PS. The first-order valence-electron chi connectivity index (χ1n) is 19.0. The summed E-state index contributed by atoms with van der Waals surface area (Å²) >= 11 is 7.16. The van der Waals surface area contributed by atoms with Gasteiger partial charge in [-0.15, -0.1) is 0 Å². The Hall–Kier alpha value is 0.490. The quantitative estimate of drug-likeness (QED) is 0.213. The maximum atomic E-state index is 7.50. The predicted octanol–water partition coefficient (Wildman–Crippen LogP) is 10.9. The van der Waals surface area contributed by atoms with Crippen LogP contribution in [0.1, 0.15) is 175 Å².